The van der Waals surface area contributed by atoms with Gasteiger partial charge in [-0.25, -0.2) is 4.79 Å². The lowest BCUT2D eigenvalue weighted by molar-refractivity contribution is -0.137. The highest BCUT2D eigenvalue weighted by Crippen LogP contribution is 2.29. The van der Waals surface area contributed by atoms with E-state index in [0.717, 1.165) is 23.5 Å². The zero-order valence-corrected chi connectivity index (χ0v) is 11.7. The number of alkyl halides is 3. The molecule has 0 spiro atoms. The van der Waals surface area contributed by atoms with Crippen LogP contribution in [0, 0.1) is 0 Å². The molecule has 3 nitrogen and oxygen atoms in total. The molecule has 0 fully saturated rings. The predicted octanol–water partition coefficient (Wildman–Crippen LogP) is 4.36. The Hall–Kier alpha value is -2.41. The van der Waals surface area contributed by atoms with E-state index in [0.29, 0.717) is 5.56 Å². The van der Waals surface area contributed by atoms with Gasteiger partial charge in [0.1, 0.15) is 4.88 Å². The van der Waals surface area contributed by atoms with E-state index in [1.165, 1.54) is 36.4 Å². The van der Waals surface area contributed by atoms with Gasteiger partial charge in [0.2, 0.25) is 0 Å². The average molecular weight is 326 g/mol. The van der Waals surface area contributed by atoms with Crippen LogP contribution in [0.3, 0.4) is 0 Å². The van der Waals surface area contributed by atoms with Gasteiger partial charge >= 0.3 is 12.1 Å². The van der Waals surface area contributed by atoms with Crippen LogP contribution in [0.1, 0.15) is 30.5 Å². The normalized spacial score (nSPS) is 11.8. The Bertz CT molecular complexity index is 727. The van der Waals surface area contributed by atoms with Crippen LogP contribution in [0.4, 0.5) is 13.2 Å². The fraction of sp³-hybridized carbons (Fsp3) is 0.0667. The molecule has 22 heavy (non-hydrogen) atoms. The van der Waals surface area contributed by atoms with Crippen molar-refractivity contribution in [1.82, 2.24) is 0 Å². The summed E-state index contributed by atoms with van der Waals surface area (Å²) >= 11 is 0.841. The van der Waals surface area contributed by atoms with Crippen LogP contribution < -0.4 is 0 Å². The van der Waals surface area contributed by atoms with Gasteiger partial charge in [-0.2, -0.15) is 13.2 Å². The summed E-state index contributed by atoms with van der Waals surface area (Å²) in [7, 11) is 0. The molecule has 0 saturated heterocycles. The number of rotatable bonds is 4. The lowest BCUT2D eigenvalue weighted by Crippen LogP contribution is -2.03. The van der Waals surface area contributed by atoms with Crippen molar-refractivity contribution in [2.24, 2.45) is 0 Å². The summed E-state index contributed by atoms with van der Waals surface area (Å²) in [6.45, 7) is 0. The van der Waals surface area contributed by atoms with Gasteiger partial charge in [0, 0.05) is 0 Å². The van der Waals surface area contributed by atoms with Gasteiger partial charge in [-0.3, -0.25) is 4.79 Å². The van der Waals surface area contributed by atoms with Crippen LogP contribution in [0.25, 0.3) is 6.08 Å². The number of carbonyl (C=O) groups is 2. The second kappa shape index (κ2) is 6.15. The molecule has 0 aliphatic heterocycles. The number of hydrogen-bond donors (Lipinski definition) is 1. The Balaban J connectivity index is 2.10. The quantitative estimate of drug-likeness (QED) is 0.671. The monoisotopic (exact) mass is 326 g/mol. The maximum Gasteiger partial charge on any atom is 0.416 e. The first-order valence-electron chi connectivity index (χ1n) is 6.00. The van der Waals surface area contributed by atoms with Crippen LogP contribution in [0.2, 0.25) is 0 Å². The highest BCUT2D eigenvalue weighted by atomic mass is 32.1. The summed E-state index contributed by atoms with van der Waals surface area (Å²) in [6, 6.07) is 7.09. The number of halogens is 3. The van der Waals surface area contributed by atoms with Gasteiger partial charge in [0.25, 0.3) is 0 Å². The van der Waals surface area contributed by atoms with E-state index >= 15 is 0 Å². The van der Waals surface area contributed by atoms with Gasteiger partial charge in [-0.05, 0) is 35.9 Å². The number of benzene rings is 1. The Kier molecular flexibility index (Phi) is 4.46. The van der Waals surface area contributed by atoms with E-state index in [4.69, 9.17) is 5.11 Å². The summed E-state index contributed by atoms with van der Waals surface area (Å²) in [4.78, 5) is 22.8. The summed E-state index contributed by atoms with van der Waals surface area (Å²) in [5.74, 6) is -1.52. The van der Waals surface area contributed by atoms with Crippen molar-refractivity contribution in [2.75, 3.05) is 0 Å². The van der Waals surface area contributed by atoms with Crippen LogP contribution in [0.5, 0.6) is 0 Å². The highest BCUT2D eigenvalue weighted by molar-refractivity contribution is 7.16. The molecule has 114 valence electrons. The zero-order valence-electron chi connectivity index (χ0n) is 10.9. The Morgan fingerprint density at radius 1 is 1.00 bits per heavy atom. The molecule has 0 amide bonds. The van der Waals surface area contributed by atoms with Crippen molar-refractivity contribution in [2.45, 2.75) is 6.18 Å². The summed E-state index contributed by atoms with van der Waals surface area (Å²) in [5, 5.41) is 8.77. The Labute approximate surface area is 127 Å². The molecular formula is C15H9F3O3S. The standard InChI is InChI=1S/C15H9F3O3S/c16-15(17,18)10-4-1-9(2-5-10)3-6-11(19)12-7-8-13(22-12)14(20)21/h1-8H,(H,20,21)/b6-3+. The number of thiophene rings is 1. The summed E-state index contributed by atoms with van der Waals surface area (Å²) in [5.41, 5.74) is -0.323. The summed E-state index contributed by atoms with van der Waals surface area (Å²) in [6.07, 6.45) is -1.83. The first kappa shape index (κ1) is 16.0. The number of aromatic carboxylic acids is 1. The molecule has 1 aromatic heterocycles. The average Bonchev–Trinajstić information content (AvgIpc) is 2.94. The minimum absolute atomic E-state index is 0.0475. The van der Waals surface area contributed by atoms with Crippen molar-refractivity contribution in [3.05, 3.63) is 63.4 Å². The third-order valence-corrected chi connectivity index (χ3v) is 3.81. The molecule has 1 N–H and O–H groups in total. The molecule has 1 aromatic carbocycles. The molecule has 2 rings (SSSR count). The molecule has 0 unspecified atom stereocenters. The minimum Gasteiger partial charge on any atom is -0.477 e. The van der Waals surface area contributed by atoms with Crippen LogP contribution in [-0.2, 0) is 6.18 Å². The van der Waals surface area contributed by atoms with Crippen molar-refractivity contribution >= 4 is 29.2 Å². The van der Waals surface area contributed by atoms with Crippen LogP contribution in [-0.4, -0.2) is 16.9 Å². The Morgan fingerprint density at radius 3 is 2.09 bits per heavy atom. The van der Waals surface area contributed by atoms with Gasteiger partial charge in [-0.1, -0.05) is 18.2 Å². The molecule has 0 radical (unpaired) electrons. The molecule has 0 aliphatic rings. The maximum atomic E-state index is 12.4. The number of allylic oxidation sites excluding steroid dienone is 1. The van der Waals surface area contributed by atoms with E-state index in [1.807, 2.05) is 0 Å². The molecule has 1 heterocycles. The second-order valence-electron chi connectivity index (χ2n) is 4.29. The van der Waals surface area contributed by atoms with E-state index < -0.39 is 23.5 Å². The first-order valence-corrected chi connectivity index (χ1v) is 6.82. The van der Waals surface area contributed by atoms with Crippen molar-refractivity contribution in [3.8, 4) is 0 Å². The predicted molar refractivity (Wildman–Crippen MR) is 76.1 cm³/mol. The number of hydrogen-bond acceptors (Lipinski definition) is 3. The molecule has 7 heteroatoms. The molecule has 0 saturated carbocycles. The SMILES string of the molecule is O=C(O)c1ccc(C(=O)/C=C/c2ccc(C(F)(F)F)cc2)s1. The Morgan fingerprint density at radius 2 is 1.59 bits per heavy atom. The van der Waals surface area contributed by atoms with E-state index in [1.54, 1.807) is 0 Å². The lowest BCUT2D eigenvalue weighted by atomic mass is 10.1. The number of carboxylic acids is 1. The van der Waals surface area contributed by atoms with E-state index in [-0.39, 0.29) is 9.75 Å². The fourth-order valence-electron chi connectivity index (χ4n) is 1.62. The molecule has 0 bridgehead atoms. The number of carboxylic acid groups (broad SMARTS) is 1. The molecular weight excluding hydrogens is 317 g/mol. The van der Waals surface area contributed by atoms with Gasteiger partial charge in [0.05, 0.1) is 10.4 Å². The highest BCUT2D eigenvalue weighted by Gasteiger charge is 2.29. The number of carbonyl (C=O) groups excluding carboxylic acids is 1. The second-order valence-corrected chi connectivity index (χ2v) is 5.37. The smallest absolute Gasteiger partial charge is 0.416 e. The minimum atomic E-state index is -4.40. The maximum absolute atomic E-state index is 12.4. The largest absolute Gasteiger partial charge is 0.477 e. The zero-order chi connectivity index (χ0) is 16.3. The molecule has 0 aliphatic carbocycles. The molecule has 0 atom stereocenters. The fourth-order valence-corrected chi connectivity index (χ4v) is 2.39. The first-order chi connectivity index (χ1) is 10.3. The van der Waals surface area contributed by atoms with Crippen molar-refractivity contribution in [1.29, 1.82) is 0 Å². The van der Waals surface area contributed by atoms with Crippen molar-refractivity contribution < 1.29 is 27.9 Å². The van der Waals surface area contributed by atoms with Gasteiger partial charge in [-0.15, -0.1) is 11.3 Å². The van der Waals surface area contributed by atoms with E-state index in [9.17, 15) is 22.8 Å². The molecule has 2 aromatic rings. The third-order valence-electron chi connectivity index (χ3n) is 2.72. The lowest BCUT2D eigenvalue weighted by Gasteiger charge is -2.05. The third kappa shape index (κ3) is 3.82. The van der Waals surface area contributed by atoms with Gasteiger partial charge < -0.3 is 5.11 Å². The van der Waals surface area contributed by atoms with Crippen molar-refractivity contribution in [3.63, 3.8) is 0 Å². The summed E-state index contributed by atoms with van der Waals surface area (Å²) < 4.78 is 37.2. The topological polar surface area (TPSA) is 54.4 Å². The van der Waals surface area contributed by atoms with E-state index in [2.05, 4.69) is 0 Å². The number of ketones is 1. The van der Waals surface area contributed by atoms with Crippen LogP contribution in [0.15, 0.2) is 42.5 Å². The van der Waals surface area contributed by atoms with Gasteiger partial charge in [0.15, 0.2) is 5.78 Å². The van der Waals surface area contributed by atoms with Crippen LogP contribution >= 0.6 is 11.3 Å².